The summed E-state index contributed by atoms with van der Waals surface area (Å²) in [5.74, 6) is 0.964. The van der Waals surface area contributed by atoms with Gasteiger partial charge >= 0.3 is 0 Å². The second-order valence-corrected chi connectivity index (χ2v) is 5.41. The molecular weight excluding hydrogens is 208 g/mol. The van der Waals surface area contributed by atoms with Crippen LogP contribution in [0.25, 0.3) is 0 Å². The first-order chi connectivity index (χ1) is 8.26. The standard InChI is InChI=1S/C15H30N2/c1-4-9-16-12-14(3)13-17-10-6-7-15(5-2)8-11-17/h15-16H,3-13H2,1-2H3. The van der Waals surface area contributed by atoms with Gasteiger partial charge in [0.25, 0.3) is 0 Å². The molecule has 0 aromatic carbocycles. The highest BCUT2D eigenvalue weighted by molar-refractivity contribution is 5.00. The van der Waals surface area contributed by atoms with Gasteiger partial charge < -0.3 is 5.32 Å². The van der Waals surface area contributed by atoms with Gasteiger partial charge in [-0.05, 0) is 56.8 Å². The van der Waals surface area contributed by atoms with Crippen LogP contribution in [0.15, 0.2) is 12.2 Å². The van der Waals surface area contributed by atoms with Crippen LogP contribution in [0.5, 0.6) is 0 Å². The van der Waals surface area contributed by atoms with Crippen LogP contribution in [0, 0.1) is 5.92 Å². The largest absolute Gasteiger partial charge is 0.313 e. The van der Waals surface area contributed by atoms with Gasteiger partial charge in [-0.3, -0.25) is 4.90 Å². The average molecular weight is 238 g/mol. The Hall–Kier alpha value is -0.340. The highest BCUT2D eigenvalue weighted by Gasteiger charge is 2.15. The molecule has 2 heteroatoms. The van der Waals surface area contributed by atoms with Crippen LogP contribution in [-0.4, -0.2) is 37.6 Å². The maximum Gasteiger partial charge on any atom is 0.0202 e. The maximum absolute atomic E-state index is 4.19. The van der Waals surface area contributed by atoms with E-state index in [0.717, 1.165) is 25.6 Å². The van der Waals surface area contributed by atoms with Crippen molar-refractivity contribution in [3.63, 3.8) is 0 Å². The van der Waals surface area contributed by atoms with Crippen molar-refractivity contribution in [1.82, 2.24) is 10.2 Å². The van der Waals surface area contributed by atoms with Gasteiger partial charge in [-0.25, -0.2) is 0 Å². The van der Waals surface area contributed by atoms with E-state index in [1.165, 1.54) is 50.8 Å². The van der Waals surface area contributed by atoms with E-state index in [2.05, 4.69) is 30.6 Å². The molecule has 2 nitrogen and oxygen atoms in total. The fraction of sp³-hybridized carbons (Fsp3) is 0.867. The molecule has 1 aliphatic rings. The molecule has 1 rings (SSSR count). The van der Waals surface area contributed by atoms with Crippen molar-refractivity contribution in [2.45, 2.75) is 46.0 Å². The molecule has 0 bridgehead atoms. The Balaban J connectivity index is 2.19. The van der Waals surface area contributed by atoms with Crippen LogP contribution in [0.1, 0.15) is 46.0 Å². The zero-order valence-electron chi connectivity index (χ0n) is 11.8. The second-order valence-electron chi connectivity index (χ2n) is 5.41. The van der Waals surface area contributed by atoms with E-state index in [1.54, 1.807) is 0 Å². The number of likely N-dealkylation sites (tertiary alicyclic amines) is 1. The smallest absolute Gasteiger partial charge is 0.0202 e. The third-order valence-electron chi connectivity index (χ3n) is 3.77. The van der Waals surface area contributed by atoms with E-state index < -0.39 is 0 Å². The van der Waals surface area contributed by atoms with Crippen molar-refractivity contribution >= 4 is 0 Å². The van der Waals surface area contributed by atoms with E-state index in [9.17, 15) is 0 Å². The monoisotopic (exact) mass is 238 g/mol. The number of hydrogen-bond acceptors (Lipinski definition) is 2. The molecule has 0 aromatic heterocycles. The van der Waals surface area contributed by atoms with E-state index >= 15 is 0 Å². The average Bonchev–Trinajstić information content (AvgIpc) is 2.54. The number of rotatable bonds is 7. The van der Waals surface area contributed by atoms with Crippen LogP contribution in [0.2, 0.25) is 0 Å². The molecule has 1 heterocycles. The lowest BCUT2D eigenvalue weighted by Gasteiger charge is -2.21. The highest BCUT2D eigenvalue weighted by Crippen LogP contribution is 2.20. The number of nitrogens with zero attached hydrogens (tertiary/aromatic N) is 1. The first-order valence-corrected chi connectivity index (χ1v) is 7.36. The van der Waals surface area contributed by atoms with Crippen molar-refractivity contribution in [2.75, 3.05) is 32.7 Å². The lowest BCUT2D eigenvalue weighted by atomic mass is 9.98. The van der Waals surface area contributed by atoms with E-state index in [-0.39, 0.29) is 0 Å². The number of nitrogens with one attached hydrogen (secondary N) is 1. The minimum atomic E-state index is 0.964. The predicted octanol–water partition coefficient (Wildman–Crippen LogP) is 3.05. The van der Waals surface area contributed by atoms with Crippen molar-refractivity contribution in [3.05, 3.63) is 12.2 Å². The molecule has 1 unspecified atom stereocenters. The molecule has 17 heavy (non-hydrogen) atoms. The summed E-state index contributed by atoms with van der Waals surface area (Å²) in [5.41, 5.74) is 1.34. The van der Waals surface area contributed by atoms with E-state index in [4.69, 9.17) is 0 Å². The van der Waals surface area contributed by atoms with Gasteiger partial charge in [0.05, 0.1) is 0 Å². The Morgan fingerprint density at radius 3 is 2.82 bits per heavy atom. The summed E-state index contributed by atoms with van der Waals surface area (Å²) in [6, 6.07) is 0. The Morgan fingerprint density at radius 2 is 2.12 bits per heavy atom. The van der Waals surface area contributed by atoms with Gasteiger partial charge in [0.1, 0.15) is 0 Å². The summed E-state index contributed by atoms with van der Waals surface area (Å²) >= 11 is 0. The van der Waals surface area contributed by atoms with E-state index in [0.29, 0.717) is 0 Å². The molecule has 1 N–H and O–H groups in total. The molecule has 1 saturated heterocycles. The summed E-state index contributed by atoms with van der Waals surface area (Å²) < 4.78 is 0. The molecule has 0 spiro atoms. The van der Waals surface area contributed by atoms with Gasteiger partial charge in [-0.2, -0.15) is 0 Å². The molecule has 1 atom stereocenters. The minimum Gasteiger partial charge on any atom is -0.313 e. The summed E-state index contributed by atoms with van der Waals surface area (Å²) in [5, 5.41) is 3.43. The Kier molecular flexibility index (Phi) is 7.54. The van der Waals surface area contributed by atoms with Gasteiger partial charge in [0, 0.05) is 13.1 Å². The van der Waals surface area contributed by atoms with Gasteiger partial charge in [-0.1, -0.05) is 26.8 Å². The molecule has 1 aliphatic heterocycles. The number of hydrogen-bond donors (Lipinski definition) is 1. The van der Waals surface area contributed by atoms with Gasteiger partial charge in [0.15, 0.2) is 0 Å². The molecule has 0 aliphatic carbocycles. The third kappa shape index (κ3) is 6.23. The van der Waals surface area contributed by atoms with Gasteiger partial charge in [0.2, 0.25) is 0 Å². The highest BCUT2D eigenvalue weighted by atomic mass is 15.1. The summed E-state index contributed by atoms with van der Waals surface area (Å²) in [6.07, 6.45) is 6.73. The lowest BCUT2D eigenvalue weighted by molar-refractivity contribution is 0.301. The van der Waals surface area contributed by atoms with Crippen LogP contribution < -0.4 is 5.32 Å². The third-order valence-corrected chi connectivity index (χ3v) is 3.77. The van der Waals surface area contributed by atoms with Crippen molar-refractivity contribution in [3.8, 4) is 0 Å². The molecule has 0 saturated carbocycles. The first kappa shape index (κ1) is 14.7. The summed E-state index contributed by atoms with van der Waals surface area (Å²) in [6.45, 7) is 14.4. The van der Waals surface area contributed by atoms with Crippen LogP contribution in [0.3, 0.4) is 0 Å². The molecule has 0 amide bonds. The quantitative estimate of drug-likeness (QED) is 0.542. The summed E-state index contributed by atoms with van der Waals surface area (Å²) in [7, 11) is 0. The Morgan fingerprint density at radius 1 is 1.29 bits per heavy atom. The van der Waals surface area contributed by atoms with Crippen LogP contribution >= 0.6 is 0 Å². The molecular formula is C15H30N2. The van der Waals surface area contributed by atoms with Crippen molar-refractivity contribution in [2.24, 2.45) is 5.92 Å². The zero-order valence-corrected chi connectivity index (χ0v) is 11.8. The molecule has 100 valence electrons. The normalized spacial score (nSPS) is 22.4. The first-order valence-electron chi connectivity index (χ1n) is 7.36. The van der Waals surface area contributed by atoms with Crippen LogP contribution in [-0.2, 0) is 0 Å². The van der Waals surface area contributed by atoms with Crippen molar-refractivity contribution < 1.29 is 0 Å². The summed E-state index contributed by atoms with van der Waals surface area (Å²) in [4.78, 5) is 2.59. The fourth-order valence-corrected chi connectivity index (χ4v) is 2.61. The fourth-order valence-electron chi connectivity index (χ4n) is 2.61. The van der Waals surface area contributed by atoms with Crippen molar-refractivity contribution in [1.29, 1.82) is 0 Å². The lowest BCUT2D eigenvalue weighted by Crippen LogP contribution is -2.30. The second kappa shape index (κ2) is 8.71. The Bertz CT molecular complexity index is 213. The predicted molar refractivity (Wildman–Crippen MR) is 76.4 cm³/mol. The molecule has 0 radical (unpaired) electrons. The van der Waals surface area contributed by atoms with E-state index in [1.807, 2.05) is 0 Å². The SMILES string of the molecule is C=C(CNCCC)CN1CCCC(CC)CC1. The van der Waals surface area contributed by atoms with Gasteiger partial charge in [-0.15, -0.1) is 0 Å². The molecule has 0 aromatic rings. The maximum atomic E-state index is 4.19. The molecule has 1 fully saturated rings. The Labute approximate surface area is 107 Å². The zero-order chi connectivity index (χ0) is 12.5. The topological polar surface area (TPSA) is 15.3 Å². The van der Waals surface area contributed by atoms with Crippen LogP contribution in [0.4, 0.5) is 0 Å². The minimum absolute atomic E-state index is 0.964.